The predicted molar refractivity (Wildman–Crippen MR) is 94.0 cm³/mol. The van der Waals surface area contributed by atoms with E-state index in [9.17, 15) is 9.59 Å². The zero-order valence-corrected chi connectivity index (χ0v) is 14.9. The standard InChI is InChI=1S/C19H19N3O5/c1-11-7-15(27-20-11)13-3-2-4-21(13)10-22-14-9-17-16(25-5-6-26-17)8-12(14)18(23)19(22)24/h7-9,13H,2-6,10H2,1H3/t13-/m1/s1. The van der Waals surface area contributed by atoms with Crippen LogP contribution in [-0.4, -0.2) is 48.2 Å². The summed E-state index contributed by atoms with van der Waals surface area (Å²) < 4.78 is 16.6. The SMILES string of the molecule is Cc1cc([C@H]2CCCN2CN2C(=O)C(=O)c3cc4c(cc32)OCCO4)on1. The number of likely N-dealkylation sites (tertiary alicyclic amines) is 1. The molecule has 0 spiro atoms. The summed E-state index contributed by atoms with van der Waals surface area (Å²) in [6, 6.07) is 5.33. The second-order valence-electron chi connectivity index (χ2n) is 7.06. The van der Waals surface area contributed by atoms with Crippen LogP contribution in [0.25, 0.3) is 0 Å². The third-order valence-corrected chi connectivity index (χ3v) is 5.30. The first kappa shape index (κ1) is 16.3. The quantitative estimate of drug-likeness (QED) is 0.766. The summed E-state index contributed by atoms with van der Waals surface area (Å²) in [4.78, 5) is 28.8. The lowest BCUT2D eigenvalue weighted by molar-refractivity contribution is -0.114. The summed E-state index contributed by atoms with van der Waals surface area (Å²) in [5.74, 6) is 0.848. The molecule has 140 valence electrons. The maximum Gasteiger partial charge on any atom is 0.300 e. The Hall–Kier alpha value is -2.87. The third-order valence-electron chi connectivity index (χ3n) is 5.30. The molecule has 1 aromatic carbocycles. The molecule has 0 aliphatic carbocycles. The number of aromatic nitrogens is 1. The number of benzene rings is 1. The fraction of sp³-hybridized carbons (Fsp3) is 0.421. The van der Waals surface area contributed by atoms with E-state index < -0.39 is 11.7 Å². The number of carbonyl (C=O) groups excluding carboxylic acids is 2. The number of carbonyl (C=O) groups is 2. The van der Waals surface area contributed by atoms with Crippen molar-refractivity contribution >= 4 is 17.4 Å². The van der Waals surface area contributed by atoms with Crippen molar-refractivity contribution in [3.8, 4) is 11.5 Å². The molecule has 3 aliphatic heterocycles. The Kier molecular flexibility index (Phi) is 3.68. The minimum absolute atomic E-state index is 0.0513. The summed E-state index contributed by atoms with van der Waals surface area (Å²) in [5, 5.41) is 3.97. The molecule has 1 atom stereocenters. The van der Waals surface area contributed by atoms with Crippen LogP contribution < -0.4 is 14.4 Å². The number of ketones is 1. The van der Waals surface area contributed by atoms with Gasteiger partial charge in [-0.25, -0.2) is 0 Å². The molecule has 4 heterocycles. The van der Waals surface area contributed by atoms with E-state index in [1.807, 2.05) is 13.0 Å². The van der Waals surface area contributed by atoms with Gasteiger partial charge in [0.2, 0.25) is 0 Å². The number of hydrogen-bond donors (Lipinski definition) is 0. The van der Waals surface area contributed by atoms with Gasteiger partial charge in [0.1, 0.15) is 13.2 Å². The van der Waals surface area contributed by atoms with Crippen LogP contribution in [0.1, 0.15) is 40.7 Å². The normalized spacial score (nSPS) is 21.8. The number of nitrogens with zero attached hydrogens (tertiary/aromatic N) is 3. The van der Waals surface area contributed by atoms with Gasteiger partial charge in [0, 0.05) is 18.7 Å². The van der Waals surface area contributed by atoms with Crippen molar-refractivity contribution in [2.24, 2.45) is 0 Å². The number of fused-ring (bicyclic) bond motifs is 2. The minimum Gasteiger partial charge on any atom is -0.486 e. The van der Waals surface area contributed by atoms with Crippen LogP contribution in [-0.2, 0) is 4.79 Å². The van der Waals surface area contributed by atoms with E-state index in [4.69, 9.17) is 14.0 Å². The number of rotatable bonds is 3. The van der Waals surface area contributed by atoms with Crippen LogP contribution in [0.15, 0.2) is 22.7 Å². The van der Waals surface area contributed by atoms with E-state index in [0.29, 0.717) is 42.6 Å². The lowest BCUT2D eigenvalue weighted by atomic mass is 10.1. The molecular weight excluding hydrogens is 350 g/mol. The van der Waals surface area contributed by atoms with Crippen molar-refractivity contribution in [1.82, 2.24) is 10.1 Å². The summed E-state index contributed by atoms with van der Waals surface area (Å²) >= 11 is 0. The fourth-order valence-electron chi connectivity index (χ4n) is 4.01. The molecule has 5 rings (SSSR count). The molecule has 1 saturated heterocycles. The van der Waals surface area contributed by atoms with Gasteiger partial charge < -0.3 is 14.0 Å². The fourth-order valence-corrected chi connectivity index (χ4v) is 4.01. The smallest absolute Gasteiger partial charge is 0.300 e. The molecule has 8 heteroatoms. The predicted octanol–water partition coefficient (Wildman–Crippen LogP) is 2.08. The Morgan fingerprint density at radius 1 is 1.15 bits per heavy atom. The summed E-state index contributed by atoms with van der Waals surface area (Å²) in [6.07, 6.45) is 1.92. The van der Waals surface area contributed by atoms with E-state index >= 15 is 0 Å². The highest BCUT2D eigenvalue weighted by atomic mass is 16.6. The Bertz CT molecular complexity index is 937. The Morgan fingerprint density at radius 3 is 2.67 bits per heavy atom. The van der Waals surface area contributed by atoms with Gasteiger partial charge in [-0.1, -0.05) is 5.16 Å². The first-order valence-electron chi connectivity index (χ1n) is 9.09. The topological polar surface area (TPSA) is 85.1 Å². The van der Waals surface area contributed by atoms with Crippen LogP contribution >= 0.6 is 0 Å². The van der Waals surface area contributed by atoms with Gasteiger partial charge in [0.05, 0.1) is 29.7 Å². The van der Waals surface area contributed by atoms with E-state index in [1.165, 1.54) is 4.90 Å². The molecule has 0 bridgehead atoms. The second kappa shape index (κ2) is 6.09. The summed E-state index contributed by atoms with van der Waals surface area (Å²) in [5.41, 5.74) is 1.78. The number of hydrogen-bond acceptors (Lipinski definition) is 7. The lowest BCUT2D eigenvalue weighted by Crippen LogP contribution is -2.40. The summed E-state index contributed by atoms with van der Waals surface area (Å²) in [6.45, 7) is 3.91. The Morgan fingerprint density at radius 2 is 1.93 bits per heavy atom. The average molecular weight is 369 g/mol. The highest BCUT2D eigenvalue weighted by molar-refractivity contribution is 6.52. The van der Waals surface area contributed by atoms with Crippen LogP contribution in [0.2, 0.25) is 0 Å². The number of anilines is 1. The van der Waals surface area contributed by atoms with E-state index in [0.717, 1.165) is 30.8 Å². The molecule has 0 radical (unpaired) electrons. The molecule has 27 heavy (non-hydrogen) atoms. The molecule has 2 aromatic rings. The van der Waals surface area contributed by atoms with Crippen molar-refractivity contribution in [1.29, 1.82) is 0 Å². The van der Waals surface area contributed by atoms with Crippen molar-refractivity contribution in [2.45, 2.75) is 25.8 Å². The molecular formula is C19H19N3O5. The van der Waals surface area contributed by atoms with Crippen molar-refractivity contribution in [3.63, 3.8) is 0 Å². The van der Waals surface area contributed by atoms with Crippen LogP contribution in [0.3, 0.4) is 0 Å². The number of amides is 1. The van der Waals surface area contributed by atoms with E-state index in [2.05, 4.69) is 10.1 Å². The number of ether oxygens (including phenoxy) is 2. The molecule has 3 aliphatic rings. The van der Waals surface area contributed by atoms with Gasteiger partial charge >= 0.3 is 5.91 Å². The molecule has 1 fully saturated rings. The Balaban J connectivity index is 1.46. The van der Waals surface area contributed by atoms with Gasteiger partial charge in [-0.3, -0.25) is 19.4 Å². The van der Waals surface area contributed by atoms with Gasteiger partial charge in [-0.15, -0.1) is 0 Å². The summed E-state index contributed by atoms with van der Waals surface area (Å²) in [7, 11) is 0. The van der Waals surface area contributed by atoms with Crippen LogP contribution in [0, 0.1) is 6.92 Å². The molecule has 1 amide bonds. The molecule has 0 unspecified atom stereocenters. The van der Waals surface area contributed by atoms with E-state index in [1.54, 1.807) is 12.1 Å². The molecule has 0 N–H and O–H groups in total. The molecule has 0 saturated carbocycles. The maximum atomic E-state index is 12.6. The minimum atomic E-state index is -0.522. The highest BCUT2D eigenvalue weighted by Crippen LogP contribution is 2.41. The van der Waals surface area contributed by atoms with E-state index in [-0.39, 0.29) is 6.04 Å². The molecule has 1 aromatic heterocycles. The van der Waals surface area contributed by atoms with Crippen LogP contribution in [0.4, 0.5) is 5.69 Å². The van der Waals surface area contributed by atoms with Crippen LogP contribution in [0.5, 0.6) is 11.5 Å². The second-order valence-corrected chi connectivity index (χ2v) is 7.06. The zero-order chi connectivity index (χ0) is 18.5. The third kappa shape index (κ3) is 2.59. The number of aryl methyl sites for hydroxylation is 1. The molecule has 8 nitrogen and oxygen atoms in total. The van der Waals surface area contributed by atoms with Gasteiger partial charge in [0.25, 0.3) is 5.78 Å². The Labute approximate surface area is 155 Å². The monoisotopic (exact) mass is 369 g/mol. The van der Waals surface area contributed by atoms with Gasteiger partial charge in [0.15, 0.2) is 17.3 Å². The average Bonchev–Trinajstić information content (AvgIpc) is 3.36. The zero-order valence-electron chi connectivity index (χ0n) is 14.9. The lowest BCUT2D eigenvalue weighted by Gasteiger charge is -2.28. The first-order chi connectivity index (χ1) is 13.1. The highest BCUT2D eigenvalue weighted by Gasteiger charge is 2.40. The van der Waals surface area contributed by atoms with Crippen molar-refractivity contribution in [3.05, 3.63) is 35.2 Å². The van der Waals surface area contributed by atoms with Crippen molar-refractivity contribution in [2.75, 3.05) is 31.3 Å². The van der Waals surface area contributed by atoms with Gasteiger partial charge in [-0.2, -0.15) is 0 Å². The first-order valence-corrected chi connectivity index (χ1v) is 9.09. The maximum absolute atomic E-state index is 12.6. The van der Waals surface area contributed by atoms with Crippen molar-refractivity contribution < 1.29 is 23.6 Å². The number of Topliss-reactive ketones (excluding diaryl/α,β-unsaturated/α-hetero) is 1. The van der Waals surface area contributed by atoms with Gasteiger partial charge in [-0.05, 0) is 25.8 Å². The largest absolute Gasteiger partial charge is 0.486 e.